The number of unbranched alkanes of at least 4 members (excludes halogenated alkanes) is 1. The summed E-state index contributed by atoms with van der Waals surface area (Å²) in [6, 6.07) is 15.3. The van der Waals surface area contributed by atoms with Gasteiger partial charge < -0.3 is 24.3 Å². The van der Waals surface area contributed by atoms with Gasteiger partial charge in [0.25, 0.3) is 5.91 Å². The van der Waals surface area contributed by atoms with Crippen LogP contribution in [0, 0.1) is 5.92 Å². The standard InChI is InChI=1S/C36H46N6O7Si/c1-24-34(50(3,4)47)31(17-20-40-23-26(18-21-43)37-39-40)49-36(24)28-22-27(42-32(44)16-14-29(38-42)25-10-6-5-7-11-25)13-15-30(28)41(35(36)46)19-9-8-12-33(45)48-2/h5-7,10-11,13,15,22-24,31,34,43,47H,8-9,12,14,16-21H2,1-4H3/t24-,31+,34-,36+/m1/s1. The van der Waals surface area contributed by atoms with Crippen molar-refractivity contribution in [3.05, 3.63) is 71.5 Å². The first kappa shape index (κ1) is 35.6. The van der Waals surface area contributed by atoms with Crippen molar-refractivity contribution in [1.82, 2.24) is 15.0 Å². The number of esters is 1. The molecular formula is C36H46N6O7Si. The first-order valence-electron chi connectivity index (χ1n) is 17.4. The Morgan fingerprint density at radius 3 is 2.60 bits per heavy atom. The summed E-state index contributed by atoms with van der Waals surface area (Å²) in [4.78, 5) is 53.4. The molecule has 1 spiro atoms. The van der Waals surface area contributed by atoms with Crippen LogP contribution in [0.25, 0.3) is 0 Å². The van der Waals surface area contributed by atoms with Gasteiger partial charge in [0.15, 0.2) is 13.9 Å². The Balaban J connectivity index is 1.38. The minimum absolute atomic E-state index is 0.0263. The first-order valence-corrected chi connectivity index (χ1v) is 20.4. The highest BCUT2D eigenvalue weighted by Gasteiger charge is 2.66. The zero-order chi connectivity index (χ0) is 35.6. The quantitative estimate of drug-likeness (QED) is 0.153. The van der Waals surface area contributed by atoms with Gasteiger partial charge in [0.1, 0.15) is 0 Å². The largest absolute Gasteiger partial charge is 0.469 e. The van der Waals surface area contributed by atoms with Crippen LogP contribution in [0.2, 0.25) is 18.6 Å². The van der Waals surface area contributed by atoms with Crippen molar-refractivity contribution in [2.75, 3.05) is 30.2 Å². The molecule has 14 heteroatoms. The maximum absolute atomic E-state index is 14.8. The second-order valence-corrected chi connectivity index (χ2v) is 17.9. The number of rotatable bonds is 13. The van der Waals surface area contributed by atoms with Gasteiger partial charge in [-0.15, -0.1) is 5.10 Å². The average molecular weight is 703 g/mol. The molecule has 0 saturated carbocycles. The van der Waals surface area contributed by atoms with E-state index in [0.717, 1.165) is 11.3 Å². The van der Waals surface area contributed by atoms with Crippen molar-refractivity contribution in [3.63, 3.8) is 0 Å². The molecule has 1 saturated heterocycles. The Morgan fingerprint density at radius 1 is 1.10 bits per heavy atom. The molecule has 13 nitrogen and oxygen atoms in total. The number of fused-ring (bicyclic) bond motifs is 2. The summed E-state index contributed by atoms with van der Waals surface area (Å²) in [5, 5.41) is 23.9. The van der Waals surface area contributed by atoms with Gasteiger partial charge in [0.2, 0.25) is 5.91 Å². The van der Waals surface area contributed by atoms with Crippen LogP contribution >= 0.6 is 0 Å². The summed E-state index contributed by atoms with van der Waals surface area (Å²) in [5.74, 6) is -1.06. The molecule has 50 heavy (non-hydrogen) atoms. The van der Waals surface area contributed by atoms with E-state index in [2.05, 4.69) is 10.3 Å². The van der Waals surface area contributed by atoms with Crippen molar-refractivity contribution in [3.8, 4) is 0 Å². The van der Waals surface area contributed by atoms with Crippen LogP contribution in [-0.4, -0.2) is 83.1 Å². The van der Waals surface area contributed by atoms with Crippen LogP contribution in [0.1, 0.15) is 62.3 Å². The number of hydrazone groups is 1. The molecule has 3 aliphatic heterocycles. The molecule has 2 aromatic carbocycles. The number of ether oxygens (including phenoxy) is 2. The van der Waals surface area contributed by atoms with Crippen LogP contribution in [0.3, 0.4) is 0 Å². The summed E-state index contributed by atoms with van der Waals surface area (Å²) in [6.45, 7) is 6.53. The highest BCUT2D eigenvalue weighted by molar-refractivity contribution is 6.71. The van der Waals surface area contributed by atoms with E-state index in [4.69, 9.17) is 14.6 Å². The molecule has 1 fully saturated rings. The minimum atomic E-state index is -2.93. The number of amides is 2. The lowest BCUT2D eigenvalue weighted by Gasteiger charge is -2.32. The molecule has 266 valence electrons. The molecule has 1 aromatic heterocycles. The van der Waals surface area contributed by atoms with E-state index in [1.807, 2.05) is 68.5 Å². The predicted molar refractivity (Wildman–Crippen MR) is 189 cm³/mol. The summed E-state index contributed by atoms with van der Waals surface area (Å²) in [6.07, 6.45) is 4.38. The monoisotopic (exact) mass is 702 g/mol. The fraction of sp³-hybridized carbons (Fsp3) is 0.500. The van der Waals surface area contributed by atoms with Crippen molar-refractivity contribution in [2.24, 2.45) is 11.0 Å². The molecule has 3 aromatic rings. The van der Waals surface area contributed by atoms with Gasteiger partial charge >= 0.3 is 5.97 Å². The van der Waals surface area contributed by atoms with Gasteiger partial charge in [0.05, 0.1) is 36.0 Å². The second-order valence-electron chi connectivity index (χ2n) is 13.9. The Morgan fingerprint density at radius 2 is 1.88 bits per heavy atom. The van der Waals surface area contributed by atoms with Crippen LogP contribution < -0.4 is 9.91 Å². The number of hydrogen-bond donors (Lipinski definition) is 2. The molecule has 6 rings (SSSR count). The number of methoxy groups -OCH3 is 1. The molecule has 3 aliphatic rings. The predicted octanol–water partition coefficient (Wildman–Crippen LogP) is 3.92. The van der Waals surface area contributed by atoms with E-state index >= 15 is 0 Å². The normalized spacial score (nSPS) is 23.5. The van der Waals surface area contributed by atoms with Crippen molar-refractivity contribution >= 4 is 43.2 Å². The minimum Gasteiger partial charge on any atom is -0.469 e. The fourth-order valence-corrected chi connectivity index (χ4v) is 10.5. The van der Waals surface area contributed by atoms with E-state index in [-0.39, 0.29) is 36.4 Å². The third kappa shape index (κ3) is 6.76. The number of anilines is 2. The van der Waals surface area contributed by atoms with Gasteiger partial charge in [-0.2, -0.15) is 5.10 Å². The number of carbonyl (C=O) groups excluding carboxylic acids is 3. The Hall–Kier alpha value is -4.24. The number of nitrogens with zero attached hydrogens (tertiary/aromatic N) is 6. The summed E-state index contributed by atoms with van der Waals surface area (Å²) in [5.41, 5.74) is 2.58. The van der Waals surface area contributed by atoms with Gasteiger partial charge in [-0.05, 0) is 56.1 Å². The molecule has 2 amide bonds. The SMILES string of the molecule is COC(=O)CCCCN1C(=O)[C@@]2(O[C@@H](CCn3cc(CCO)nn3)[C@H]([Si](C)(C)O)[C@H]2C)c2cc(N3N=C(c4ccccc4)CCC3=O)ccc21. The highest BCUT2D eigenvalue weighted by atomic mass is 28.4. The zero-order valence-electron chi connectivity index (χ0n) is 29.1. The average Bonchev–Trinajstić information content (AvgIpc) is 3.75. The van der Waals surface area contributed by atoms with E-state index in [9.17, 15) is 24.3 Å². The molecule has 0 unspecified atom stereocenters. The summed E-state index contributed by atoms with van der Waals surface area (Å²) in [7, 11) is -1.57. The third-order valence-electron chi connectivity index (χ3n) is 10.2. The van der Waals surface area contributed by atoms with Crippen LogP contribution in [-0.2, 0) is 42.4 Å². The van der Waals surface area contributed by atoms with E-state index < -0.39 is 25.9 Å². The fourth-order valence-electron chi connectivity index (χ4n) is 7.86. The first-order chi connectivity index (χ1) is 24.0. The van der Waals surface area contributed by atoms with Crippen LogP contribution in [0.4, 0.5) is 11.4 Å². The second kappa shape index (κ2) is 14.5. The summed E-state index contributed by atoms with van der Waals surface area (Å²) < 4.78 is 13.5. The number of benzene rings is 2. The highest BCUT2D eigenvalue weighted by Crippen LogP contribution is 2.60. The number of aliphatic hydroxyl groups excluding tert-OH is 1. The molecule has 4 atom stereocenters. The van der Waals surface area contributed by atoms with E-state index in [0.29, 0.717) is 74.2 Å². The third-order valence-corrected chi connectivity index (χ3v) is 12.7. The van der Waals surface area contributed by atoms with E-state index in [1.165, 1.54) is 12.1 Å². The molecule has 4 heterocycles. The molecule has 0 aliphatic carbocycles. The van der Waals surface area contributed by atoms with Gasteiger partial charge in [-0.3, -0.25) is 19.1 Å². The smallest absolute Gasteiger partial charge is 0.305 e. The molecule has 2 N–H and O–H groups in total. The number of aryl methyl sites for hydroxylation is 1. The maximum Gasteiger partial charge on any atom is 0.305 e. The number of aromatic nitrogens is 3. The Kier molecular flexibility index (Phi) is 10.3. The molecular weight excluding hydrogens is 657 g/mol. The molecule has 0 radical (unpaired) electrons. The van der Waals surface area contributed by atoms with Crippen molar-refractivity contribution in [2.45, 2.75) is 88.8 Å². The lowest BCUT2D eigenvalue weighted by molar-refractivity contribution is -0.146. The summed E-state index contributed by atoms with van der Waals surface area (Å²) >= 11 is 0. The number of aliphatic hydroxyl groups is 1. The van der Waals surface area contributed by atoms with Gasteiger partial charge in [-0.25, -0.2) is 5.01 Å². The van der Waals surface area contributed by atoms with Crippen molar-refractivity contribution in [1.29, 1.82) is 0 Å². The number of carbonyl (C=O) groups is 3. The molecule has 0 bridgehead atoms. The maximum atomic E-state index is 14.8. The number of hydrogen-bond acceptors (Lipinski definition) is 10. The van der Waals surface area contributed by atoms with Gasteiger partial charge in [0, 0.05) is 68.6 Å². The van der Waals surface area contributed by atoms with Crippen LogP contribution in [0.15, 0.2) is 59.8 Å². The topological polar surface area (TPSA) is 160 Å². The van der Waals surface area contributed by atoms with Crippen LogP contribution in [0.5, 0.6) is 0 Å². The Bertz CT molecular complexity index is 1760. The van der Waals surface area contributed by atoms with Gasteiger partial charge in [-0.1, -0.05) is 42.5 Å². The lowest BCUT2D eigenvalue weighted by atomic mass is 9.82. The zero-order valence-corrected chi connectivity index (χ0v) is 30.1. The Labute approximate surface area is 293 Å². The lowest BCUT2D eigenvalue weighted by Crippen LogP contribution is -2.46. The van der Waals surface area contributed by atoms with Crippen molar-refractivity contribution < 1.29 is 33.8 Å². The van der Waals surface area contributed by atoms with E-state index in [1.54, 1.807) is 15.8 Å².